The molecular weight excluding hydrogens is 270 g/mol. The maximum atomic E-state index is 10.6. The maximum Gasteiger partial charge on any atom is 0.313 e. The van der Waals surface area contributed by atoms with E-state index in [1.807, 2.05) is 16.0 Å². The van der Waals surface area contributed by atoms with Gasteiger partial charge in [-0.25, -0.2) is 0 Å². The van der Waals surface area contributed by atoms with Crippen LogP contribution in [0.2, 0.25) is 0 Å². The van der Waals surface area contributed by atoms with Crippen LogP contribution in [0.5, 0.6) is 0 Å². The van der Waals surface area contributed by atoms with Crippen LogP contribution in [0.1, 0.15) is 17.8 Å². The van der Waals surface area contributed by atoms with Crippen LogP contribution in [0.3, 0.4) is 0 Å². The van der Waals surface area contributed by atoms with Crippen LogP contribution in [-0.4, -0.2) is 31.6 Å². The third-order valence-corrected chi connectivity index (χ3v) is 4.26. The Kier molecular flexibility index (Phi) is 4.38. The Hall–Kier alpha value is -1.34. The summed E-state index contributed by atoms with van der Waals surface area (Å²) in [5.41, 5.74) is 0. The standard InChI is InChI=1S/C11H13N3O2S2/c1-8(5-9-3-2-4-17-9)14-7-12-13-11(14)18-6-10(15)16/h2-4,7-8H,5-6H2,1H3,(H,15,16). The van der Waals surface area contributed by atoms with E-state index in [4.69, 9.17) is 5.11 Å². The van der Waals surface area contributed by atoms with E-state index in [9.17, 15) is 4.79 Å². The minimum Gasteiger partial charge on any atom is -0.481 e. The van der Waals surface area contributed by atoms with Crippen molar-refractivity contribution in [1.29, 1.82) is 0 Å². The van der Waals surface area contributed by atoms with Gasteiger partial charge in [-0.1, -0.05) is 17.8 Å². The molecule has 18 heavy (non-hydrogen) atoms. The Balaban J connectivity index is 2.03. The summed E-state index contributed by atoms with van der Waals surface area (Å²) >= 11 is 2.91. The largest absolute Gasteiger partial charge is 0.481 e. The van der Waals surface area contributed by atoms with E-state index in [0.717, 1.165) is 6.42 Å². The van der Waals surface area contributed by atoms with E-state index in [1.54, 1.807) is 17.7 Å². The molecule has 0 fully saturated rings. The van der Waals surface area contributed by atoms with Gasteiger partial charge in [0.1, 0.15) is 6.33 Å². The van der Waals surface area contributed by atoms with Crippen molar-refractivity contribution in [3.8, 4) is 0 Å². The number of carboxylic acids is 1. The normalized spacial score (nSPS) is 12.5. The smallest absolute Gasteiger partial charge is 0.313 e. The molecule has 0 bridgehead atoms. The topological polar surface area (TPSA) is 68.0 Å². The summed E-state index contributed by atoms with van der Waals surface area (Å²) < 4.78 is 1.92. The lowest BCUT2D eigenvalue weighted by atomic mass is 10.2. The van der Waals surface area contributed by atoms with Crippen molar-refractivity contribution in [2.75, 3.05) is 5.75 Å². The number of aromatic nitrogens is 3. The van der Waals surface area contributed by atoms with Crippen LogP contribution in [0.15, 0.2) is 29.0 Å². The van der Waals surface area contributed by atoms with E-state index in [1.165, 1.54) is 16.6 Å². The van der Waals surface area contributed by atoms with Crippen molar-refractivity contribution in [1.82, 2.24) is 14.8 Å². The second-order valence-electron chi connectivity index (χ2n) is 3.84. The minimum atomic E-state index is -0.847. The Morgan fingerprint density at radius 3 is 3.17 bits per heavy atom. The molecular formula is C11H13N3O2S2. The van der Waals surface area contributed by atoms with Gasteiger partial charge < -0.3 is 9.67 Å². The summed E-state index contributed by atoms with van der Waals surface area (Å²) in [6, 6.07) is 4.34. The first-order valence-electron chi connectivity index (χ1n) is 5.43. The molecule has 1 atom stereocenters. The van der Waals surface area contributed by atoms with Gasteiger partial charge in [0.2, 0.25) is 0 Å². The summed E-state index contributed by atoms with van der Waals surface area (Å²) in [5.74, 6) is -0.842. The average molecular weight is 283 g/mol. The molecule has 2 rings (SSSR count). The summed E-state index contributed by atoms with van der Waals surface area (Å²) in [7, 11) is 0. The lowest BCUT2D eigenvalue weighted by Crippen LogP contribution is -2.09. The Bertz CT molecular complexity index is 510. The van der Waals surface area contributed by atoms with Gasteiger partial charge in [-0.2, -0.15) is 0 Å². The van der Waals surface area contributed by atoms with Gasteiger partial charge in [0, 0.05) is 17.3 Å². The number of rotatable bonds is 6. The Labute approximate surface area is 113 Å². The molecule has 2 aromatic rings. The van der Waals surface area contributed by atoms with Gasteiger partial charge in [0.25, 0.3) is 0 Å². The number of carbonyl (C=O) groups is 1. The van der Waals surface area contributed by atoms with Crippen LogP contribution in [0, 0.1) is 0 Å². The molecule has 0 aromatic carbocycles. The molecule has 0 spiro atoms. The highest BCUT2D eigenvalue weighted by Crippen LogP contribution is 2.23. The van der Waals surface area contributed by atoms with Crippen molar-refractivity contribution in [2.24, 2.45) is 0 Å². The van der Waals surface area contributed by atoms with Crippen molar-refractivity contribution in [2.45, 2.75) is 24.5 Å². The van der Waals surface area contributed by atoms with Crippen LogP contribution in [-0.2, 0) is 11.2 Å². The number of thiophene rings is 1. The number of carboxylic acid groups (broad SMARTS) is 1. The van der Waals surface area contributed by atoms with Gasteiger partial charge in [-0.05, 0) is 18.4 Å². The minimum absolute atomic E-state index is 0.00438. The number of hydrogen-bond acceptors (Lipinski definition) is 5. The predicted molar refractivity (Wildman–Crippen MR) is 71.1 cm³/mol. The maximum absolute atomic E-state index is 10.6. The highest BCUT2D eigenvalue weighted by atomic mass is 32.2. The van der Waals surface area contributed by atoms with Crippen molar-refractivity contribution in [3.63, 3.8) is 0 Å². The zero-order valence-corrected chi connectivity index (χ0v) is 11.4. The van der Waals surface area contributed by atoms with Gasteiger partial charge in [0.15, 0.2) is 5.16 Å². The summed E-state index contributed by atoms with van der Waals surface area (Å²) in [4.78, 5) is 11.9. The highest BCUT2D eigenvalue weighted by molar-refractivity contribution is 7.99. The second kappa shape index (κ2) is 6.01. The van der Waals surface area contributed by atoms with E-state index in [2.05, 4.69) is 23.2 Å². The fourth-order valence-electron chi connectivity index (χ4n) is 1.58. The number of nitrogens with zero attached hydrogens (tertiary/aromatic N) is 3. The van der Waals surface area contributed by atoms with E-state index >= 15 is 0 Å². The van der Waals surface area contributed by atoms with Crippen molar-refractivity contribution < 1.29 is 9.90 Å². The molecule has 0 amide bonds. The molecule has 0 aliphatic carbocycles. The summed E-state index contributed by atoms with van der Waals surface area (Å²) in [6.07, 6.45) is 2.55. The first kappa shape index (κ1) is 13.1. The molecule has 0 radical (unpaired) electrons. The highest BCUT2D eigenvalue weighted by Gasteiger charge is 2.13. The first-order valence-corrected chi connectivity index (χ1v) is 7.30. The van der Waals surface area contributed by atoms with Crippen LogP contribution >= 0.6 is 23.1 Å². The van der Waals surface area contributed by atoms with Crippen LogP contribution in [0.4, 0.5) is 0 Å². The molecule has 2 aromatic heterocycles. The molecule has 2 heterocycles. The summed E-state index contributed by atoms with van der Waals surface area (Å²) in [6.45, 7) is 2.08. The fourth-order valence-corrected chi connectivity index (χ4v) is 3.14. The summed E-state index contributed by atoms with van der Waals surface area (Å²) in [5, 5.41) is 19.2. The zero-order chi connectivity index (χ0) is 13.0. The first-order chi connectivity index (χ1) is 8.66. The molecule has 0 saturated heterocycles. The number of hydrogen-bond donors (Lipinski definition) is 1. The lowest BCUT2D eigenvalue weighted by molar-refractivity contribution is -0.133. The lowest BCUT2D eigenvalue weighted by Gasteiger charge is -2.13. The van der Waals surface area contributed by atoms with Crippen molar-refractivity contribution in [3.05, 3.63) is 28.7 Å². The van der Waals surface area contributed by atoms with Gasteiger partial charge in [-0.3, -0.25) is 4.79 Å². The molecule has 1 unspecified atom stereocenters. The molecule has 5 nitrogen and oxygen atoms in total. The molecule has 0 saturated carbocycles. The van der Waals surface area contributed by atoms with E-state index in [0.29, 0.717) is 5.16 Å². The molecule has 0 aliphatic heterocycles. The molecule has 7 heteroatoms. The quantitative estimate of drug-likeness (QED) is 0.824. The molecule has 1 N–H and O–H groups in total. The van der Waals surface area contributed by atoms with Crippen molar-refractivity contribution >= 4 is 29.1 Å². The third-order valence-electron chi connectivity index (χ3n) is 2.42. The number of thioether (sulfide) groups is 1. The zero-order valence-electron chi connectivity index (χ0n) is 9.81. The van der Waals surface area contributed by atoms with Gasteiger partial charge in [-0.15, -0.1) is 21.5 Å². The second-order valence-corrected chi connectivity index (χ2v) is 5.81. The molecule has 0 aliphatic rings. The average Bonchev–Trinajstić information content (AvgIpc) is 2.96. The SMILES string of the molecule is CC(Cc1cccs1)n1cnnc1SCC(=O)O. The number of aliphatic carboxylic acids is 1. The van der Waals surface area contributed by atoms with Gasteiger partial charge in [0.05, 0.1) is 5.75 Å². The predicted octanol–water partition coefficient (Wildman–Crippen LogP) is 2.32. The monoisotopic (exact) mass is 283 g/mol. The Morgan fingerprint density at radius 2 is 2.50 bits per heavy atom. The van der Waals surface area contributed by atoms with Crippen LogP contribution < -0.4 is 0 Å². The third kappa shape index (κ3) is 3.33. The molecule has 96 valence electrons. The van der Waals surface area contributed by atoms with E-state index < -0.39 is 5.97 Å². The Morgan fingerprint density at radius 1 is 1.67 bits per heavy atom. The van der Waals surface area contributed by atoms with Gasteiger partial charge >= 0.3 is 5.97 Å². The van der Waals surface area contributed by atoms with Crippen LogP contribution in [0.25, 0.3) is 0 Å². The fraction of sp³-hybridized carbons (Fsp3) is 0.364. The van der Waals surface area contributed by atoms with E-state index in [-0.39, 0.29) is 11.8 Å².